The van der Waals surface area contributed by atoms with Gasteiger partial charge in [-0.2, -0.15) is 0 Å². The van der Waals surface area contributed by atoms with E-state index in [9.17, 15) is 4.39 Å². The van der Waals surface area contributed by atoms with Gasteiger partial charge in [-0.1, -0.05) is 54.7 Å². The summed E-state index contributed by atoms with van der Waals surface area (Å²) in [6.45, 7) is 3.93. The molecule has 4 rings (SSSR count). The molecule has 0 radical (unpaired) electrons. The van der Waals surface area contributed by atoms with Gasteiger partial charge in [-0.25, -0.2) is 4.39 Å². The molecule has 3 aromatic rings. The van der Waals surface area contributed by atoms with E-state index in [1.807, 2.05) is 54.6 Å². The average molecular weight is 407 g/mol. The van der Waals surface area contributed by atoms with Crippen molar-refractivity contribution in [3.8, 4) is 5.75 Å². The Labute approximate surface area is 176 Å². The number of hydrogen-bond donors (Lipinski definition) is 0. The van der Waals surface area contributed by atoms with Crippen molar-refractivity contribution in [2.24, 2.45) is 0 Å². The first-order valence-corrected chi connectivity index (χ1v) is 10.2. The van der Waals surface area contributed by atoms with Gasteiger partial charge in [0, 0.05) is 37.4 Å². The molecule has 3 aromatic carbocycles. The van der Waals surface area contributed by atoms with Crippen LogP contribution in [0.3, 0.4) is 0 Å². The summed E-state index contributed by atoms with van der Waals surface area (Å²) >= 11 is 5.75. The van der Waals surface area contributed by atoms with Crippen LogP contribution < -0.4 is 9.64 Å². The Morgan fingerprint density at radius 3 is 2.31 bits per heavy atom. The summed E-state index contributed by atoms with van der Waals surface area (Å²) in [5.41, 5.74) is 3.19. The number of thiocarbonyl (C=S) groups is 1. The molecule has 1 fully saturated rings. The van der Waals surface area contributed by atoms with Crippen molar-refractivity contribution in [2.75, 3.05) is 31.1 Å². The van der Waals surface area contributed by atoms with Crippen LogP contribution in [0.4, 0.5) is 10.1 Å². The third-order valence-corrected chi connectivity index (χ3v) is 5.58. The second-order valence-electron chi connectivity index (χ2n) is 7.06. The molecule has 1 aliphatic rings. The molecule has 148 valence electrons. The molecular formula is C24H23FN2OS. The second kappa shape index (κ2) is 9.05. The molecule has 29 heavy (non-hydrogen) atoms. The van der Waals surface area contributed by atoms with Crippen molar-refractivity contribution in [3.05, 3.63) is 95.8 Å². The van der Waals surface area contributed by atoms with Crippen LogP contribution >= 0.6 is 12.2 Å². The topological polar surface area (TPSA) is 15.7 Å². The van der Waals surface area contributed by atoms with Gasteiger partial charge in [0.2, 0.25) is 0 Å². The number of rotatable bonds is 5. The highest BCUT2D eigenvalue weighted by molar-refractivity contribution is 7.80. The smallest absolute Gasteiger partial charge is 0.123 e. The van der Waals surface area contributed by atoms with E-state index >= 15 is 0 Å². The SMILES string of the molecule is Fc1ccc(N2CCN(C(=S)c3cccc(OCc4ccccc4)c3)CC2)cc1. The quantitative estimate of drug-likeness (QED) is 0.560. The summed E-state index contributed by atoms with van der Waals surface area (Å²) in [4.78, 5) is 5.33. The highest BCUT2D eigenvalue weighted by Crippen LogP contribution is 2.20. The highest BCUT2D eigenvalue weighted by Gasteiger charge is 2.20. The summed E-state index contributed by atoms with van der Waals surface area (Å²) in [6, 6.07) is 24.8. The van der Waals surface area contributed by atoms with Gasteiger partial charge in [-0.3, -0.25) is 0 Å². The van der Waals surface area contributed by atoms with E-state index in [1.54, 1.807) is 0 Å². The number of anilines is 1. The third kappa shape index (κ3) is 4.93. The van der Waals surface area contributed by atoms with Gasteiger partial charge in [-0.15, -0.1) is 0 Å². The Morgan fingerprint density at radius 2 is 1.59 bits per heavy atom. The minimum atomic E-state index is -0.206. The lowest BCUT2D eigenvalue weighted by Crippen LogP contribution is -2.48. The molecule has 0 saturated carbocycles. The number of nitrogens with zero attached hydrogens (tertiary/aromatic N) is 2. The summed E-state index contributed by atoms with van der Waals surface area (Å²) in [5.74, 6) is 0.613. The van der Waals surface area contributed by atoms with Gasteiger partial charge in [0.25, 0.3) is 0 Å². The van der Waals surface area contributed by atoms with Crippen molar-refractivity contribution >= 4 is 22.9 Å². The zero-order valence-corrected chi connectivity index (χ0v) is 16.9. The van der Waals surface area contributed by atoms with E-state index in [1.165, 1.54) is 12.1 Å². The van der Waals surface area contributed by atoms with Gasteiger partial charge < -0.3 is 14.5 Å². The lowest BCUT2D eigenvalue weighted by molar-refractivity contribution is 0.306. The van der Waals surface area contributed by atoms with E-state index < -0.39 is 0 Å². The van der Waals surface area contributed by atoms with Crippen molar-refractivity contribution in [3.63, 3.8) is 0 Å². The Morgan fingerprint density at radius 1 is 0.862 bits per heavy atom. The van der Waals surface area contributed by atoms with E-state index in [4.69, 9.17) is 17.0 Å². The summed E-state index contributed by atoms with van der Waals surface area (Å²) < 4.78 is 19.1. The molecule has 5 heteroatoms. The predicted octanol–water partition coefficient (Wildman–Crippen LogP) is 4.90. The largest absolute Gasteiger partial charge is 0.489 e. The molecular weight excluding hydrogens is 383 g/mol. The van der Waals surface area contributed by atoms with E-state index in [2.05, 4.69) is 21.9 Å². The van der Waals surface area contributed by atoms with Crippen LogP contribution in [-0.2, 0) is 6.61 Å². The maximum Gasteiger partial charge on any atom is 0.123 e. The first kappa shape index (κ1) is 19.4. The lowest BCUT2D eigenvalue weighted by atomic mass is 10.1. The molecule has 0 bridgehead atoms. The summed E-state index contributed by atoms with van der Waals surface area (Å²) in [5, 5.41) is 0. The first-order chi connectivity index (χ1) is 14.2. The first-order valence-electron chi connectivity index (χ1n) is 9.76. The van der Waals surface area contributed by atoms with Crippen LogP contribution in [0, 0.1) is 5.82 Å². The van der Waals surface area contributed by atoms with Crippen LogP contribution in [0.2, 0.25) is 0 Å². The minimum absolute atomic E-state index is 0.206. The van der Waals surface area contributed by atoms with Crippen LogP contribution in [-0.4, -0.2) is 36.1 Å². The minimum Gasteiger partial charge on any atom is -0.489 e. The molecule has 0 aromatic heterocycles. The van der Waals surface area contributed by atoms with Crippen molar-refractivity contribution < 1.29 is 9.13 Å². The Bertz CT molecular complexity index is 954. The Balaban J connectivity index is 1.35. The normalized spacial score (nSPS) is 14.0. The second-order valence-corrected chi connectivity index (χ2v) is 7.44. The Kier molecular flexibility index (Phi) is 6.06. The van der Waals surface area contributed by atoms with Crippen molar-refractivity contribution in [1.29, 1.82) is 0 Å². The fraction of sp³-hybridized carbons (Fsp3) is 0.208. The Hall–Kier alpha value is -2.92. The van der Waals surface area contributed by atoms with E-state index in [0.29, 0.717) is 6.61 Å². The monoisotopic (exact) mass is 406 g/mol. The van der Waals surface area contributed by atoms with Gasteiger partial charge in [0.15, 0.2) is 0 Å². The summed E-state index contributed by atoms with van der Waals surface area (Å²) in [6.07, 6.45) is 0. The molecule has 0 unspecified atom stereocenters. The standard InChI is InChI=1S/C24H23FN2OS/c25-21-9-11-22(12-10-21)26-13-15-27(16-14-26)24(29)20-7-4-8-23(17-20)28-18-19-5-2-1-3-6-19/h1-12,17H,13-16,18H2. The molecule has 1 heterocycles. The zero-order chi connectivity index (χ0) is 20.1. The van der Waals surface area contributed by atoms with Crippen molar-refractivity contribution in [2.45, 2.75) is 6.61 Å². The maximum atomic E-state index is 13.1. The van der Waals surface area contributed by atoms with Crippen LogP contribution in [0.15, 0.2) is 78.9 Å². The average Bonchev–Trinajstić information content (AvgIpc) is 2.79. The molecule has 1 aliphatic heterocycles. The zero-order valence-electron chi connectivity index (χ0n) is 16.1. The highest BCUT2D eigenvalue weighted by atomic mass is 32.1. The van der Waals surface area contributed by atoms with E-state index in [0.717, 1.165) is 53.7 Å². The van der Waals surface area contributed by atoms with Gasteiger partial charge >= 0.3 is 0 Å². The fourth-order valence-electron chi connectivity index (χ4n) is 3.46. The molecule has 0 N–H and O–H groups in total. The number of benzene rings is 3. The number of halogens is 1. The van der Waals surface area contributed by atoms with Crippen molar-refractivity contribution in [1.82, 2.24) is 4.90 Å². The summed E-state index contributed by atoms with van der Waals surface area (Å²) in [7, 11) is 0. The van der Waals surface area contributed by atoms with Crippen LogP contribution in [0.25, 0.3) is 0 Å². The lowest BCUT2D eigenvalue weighted by Gasteiger charge is -2.37. The molecule has 1 saturated heterocycles. The van der Waals surface area contributed by atoms with Gasteiger partial charge in [-0.05, 0) is 42.0 Å². The predicted molar refractivity (Wildman–Crippen MR) is 119 cm³/mol. The van der Waals surface area contributed by atoms with E-state index in [-0.39, 0.29) is 5.82 Å². The van der Waals surface area contributed by atoms with Gasteiger partial charge in [0.1, 0.15) is 23.2 Å². The van der Waals surface area contributed by atoms with Crippen LogP contribution in [0.5, 0.6) is 5.75 Å². The molecule has 0 aliphatic carbocycles. The van der Waals surface area contributed by atoms with Crippen LogP contribution in [0.1, 0.15) is 11.1 Å². The molecule has 0 spiro atoms. The molecule has 3 nitrogen and oxygen atoms in total. The molecule has 0 amide bonds. The molecule has 0 atom stereocenters. The number of ether oxygens (including phenoxy) is 1. The fourth-order valence-corrected chi connectivity index (χ4v) is 3.77. The number of piperazine rings is 1. The third-order valence-electron chi connectivity index (χ3n) is 5.09. The maximum absolute atomic E-state index is 13.1. The number of hydrogen-bond acceptors (Lipinski definition) is 3. The van der Waals surface area contributed by atoms with Gasteiger partial charge in [0.05, 0.1) is 0 Å².